The van der Waals surface area contributed by atoms with E-state index in [9.17, 15) is 4.79 Å². The molecule has 0 saturated heterocycles. The molecule has 0 unspecified atom stereocenters. The molecule has 3 heterocycles. The van der Waals surface area contributed by atoms with Crippen LogP contribution in [-0.2, 0) is 6.42 Å². The van der Waals surface area contributed by atoms with Gasteiger partial charge in [0.1, 0.15) is 5.76 Å². The van der Waals surface area contributed by atoms with Gasteiger partial charge in [-0.2, -0.15) is 0 Å². The highest BCUT2D eigenvalue weighted by Gasteiger charge is 2.27. The Kier molecular flexibility index (Phi) is 3.27. The minimum Gasteiger partial charge on any atom is -0.361 e. The third-order valence-corrected chi connectivity index (χ3v) is 4.76. The third-order valence-electron chi connectivity index (χ3n) is 3.98. The van der Waals surface area contributed by atoms with Gasteiger partial charge in [-0.15, -0.1) is 11.3 Å². The minimum atomic E-state index is -0.113. The van der Waals surface area contributed by atoms with Gasteiger partial charge in [-0.1, -0.05) is 11.2 Å². The minimum absolute atomic E-state index is 0.113. The van der Waals surface area contributed by atoms with Crippen LogP contribution in [0.4, 0.5) is 5.69 Å². The summed E-state index contributed by atoms with van der Waals surface area (Å²) < 4.78 is 5.01. The molecule has 0 fully saturated rings. The lowest BCUT2D eigenvalue weighted by Gasteiger charge is -2.15. The molecule has 23 heavy (non-hydrogen) atoms. The largest absolute Gasteiger partial charge is 0.361 e. The number of rotatable bonds is 2. The normalized spacial score (nSPS) is 13.4. The summed E-state index contributed by atoms with van der Waals surface area (Å²) >= 11 is 1.64. The van der Waals surface area contributed by atoms with Crippen molar-refractivity contribution >= 4 is 22.9 Å². The van der Waals surface area contributed by atoms with Crippen molar-refractivity contribution in [3.8, 4) is 11.3 Å². The Morgan fingerprint density at radius 1 is 1.30 bits per heavy atom. The molecule has 1 aromatic carbocycles. The monoisotopic (exact) mass is 325 g/mol. The standard InChI is InChI=1S/C17H15N3O2S/c1-10-7-14(19-22-10)17(21)20-6-5-13-8-12(3-4-16(13)20)15-9-23-11(2)18-15/h3-4,7-9H,5-6H2,1-2H3. The van der Waals surface area contributed by atoms with Crippen LogP contribution in [0.25, 0.3) is 11.3 Å². The van der Waals surface area contributed by atoms with Crippen molar-refractivity contribution < 1.29 is 9.32 Å². The first-order valence-electron chi connectivity index (χ1n) is 7.42. The van der Waals surface area contributed by atoms with Gasteiger partial charge >= 0.3 is 0 Å². The Morgan fingerprint density at radius 3 is 2.87 bits per heavy atom. The molecule has 1 amide bonds. The molecular formula is C17H15N3O2S. The van der Waals surface area contributed by atoms with Gasteiger partial charge in [-0.25, -0.2) is 4.98 Å². The second-order valence-electron chi connectivity index (χ2n) is 5.62. The number of carbonyl (C=O) groups is 1. The maximum absolute atomic E-state index is 12.6. The predicted molar refractivity (Wildman–Crippen MR) is 88.9 cm³/mol. The maximum Gasteiger partial charge on any atom is 0.280 e. The van der Waals surface area contributed by atoms with E-state index < -0.39 is 0 Å². The van der Waals surface area contributed by atoms with Gasteiger partial charge < -0.3 is 9.42 Å². The fraction of sp³-hybridized carbons (Fsp3) is 0.235. The lowest BCUT2D eigenvalue weighted by atomic mass is 10.1. The van der Waals surface area contributed by atoms with Crippen molar-refractivity contribution in [1.82, 2.24) is 10.1 Å². The quantitative estimate of drug-likeness (QED) is 0.722. The van der Waals surface area contributed by atoms with E-state index in [2.05, 4.69) is 21.6 Å². The Balaban J connectivity index is 1.66. The average Bonchev–Trinajstić information content (AvgIpc) is 3.25. The molecule has 0 atom stereocenters. The first-order chi connectivity index (χ1) is 11.1. The zero-order chi connectivity index (χ0) is 16.0. The summed E-state index contributed by atoms with van der Waals surface area (Å²) in [4.78, 5) is 18.9. The van der Waals surface area contributed by atoms with E-state index >= 15 is 0 Å². The van der Waals surface area contributed by atoms with Gasteiger partial charge in [0.2, 0.25) is 0 Å². The summed E-state index contributed by atoms with van der Waals surface area (Å²) in [5.41, 5.74) is 4.56. The lowest BCUT2D eigenvalue weighted by molar-refractivity contribution is 0.0980. The number of nitrogens with zero attached hydrogens (tertiary/aromatic N) is 3. The molecule has 2 aromatic heterocycles. The van der Waals surface area contributed by atoms with Crippen LogP contribution in [0.3, 0.4) is 0 Å². The molecule has 0 spiro atoms. The summed E-state index contributed by atoms with van der Waals surface area (Å²) in [7, 11) is 0. The van der Waals surface area contributed by atoms with Crippen LogP contribution in [0.2, 0.25) is 0 Å². The smallest absolute Gasteiger partial charge is 0.280 e. The number of aromatic nitrogens is 2. The van der Waals surface area contributed by atoms with E-state index in [0.717, 1.165) is 28.4 Å². The highest BCUT2D eigenvalue weighted by Crippen LogP contribution is 2.33. The number of anilines is 1. The molecule has 3 aromatic rings. The van der Waals surface area contributed by atoms with E-state index in [4.69, 9.17) is 4.52 Å². The number of hydrogen-bond donors (Lipinski definition) is 0. The Labute approximate surface area is 137 Å². The first kappa shape index (κ1) is 14.1. The highest BCUT2D eigenvalue weighted by atomic mass is 32.1. The molecule has 1 aliphatic rings. The van der Waals surface area contributed by atoms with Crippen molar-refractivity contribution in [2.24, 2.45) is 0 Å². The molecule has 116 valence electrons. The first-order valence-corrected chi connectivity index (χ1v) is 8.30. The number of fused-ring (bicyclic) bond motifs is 1. The maximum atomic E-state index is 12.6. The molecule has 4 rings (SSSR count). The van der Waals surface area contributed by atoms with Gasteiger partial charge in [0.15, 0.2) is 5.69 Å². The number of hydrogen-bond acceptors (Lipinski definition) is 5. The van der Waals surface area contributed by atoms with Gasteiger partial charge in [0.05, 0.1) is 10.7 Å². The molecule has 0 aliphatic carbocycles. The molecule has 5 nitrogen and oxygen atoms in total. The predicted octanol–water partition coefficient (Wildman–Crippen LogP) is 3.62. The van der Waals surface area contributed by atoms with Gasteiger partial charge in [0, 0.05) is 29.2 Å². The zero-order valence-corrected chi connectivity index (χ0v) is 13.7. The molecule has 0 radical (unpaired) electrons. The Bertz CT molecular complexity index is 897. The number of carbonyl (C=O) groups excluding carboxylic acids is 1. The number of amides is 1. The summed E-state index contributed by atoms with van der Waals surface area (Å²) in [6.07, 6.45) is 0.842. The number of thiazole rings is 1. The van der Waals surface area contributed by atoms with Crippen molar-refractivity contribution in [3.63, 3.8) is 0 Å². The zero-order valence-electron chi connectivity index (χ0n) is 12.9. The topological polar surface area (TPSA) is 59.2 Å². The lowest BCUT2D eigenvalue weighted by Crippen LogP contribution is -2.29. The van der Waals surface area contributed by atoms with Crippen molar-refractivity contribution in [2.45, 2.75) is 20.3 Å². The molecule has 0 N–H and O–H groups in total. The third kappa shape index (κ3) is 2.45. The fourth-order valence-corrected chi connectivity index (χ4v) is 3.50. The molecule has 6 heteroatoms. The van der Waals surface area contributed by atoms with Crippen LogP contribution >= 0.6 is 11.3 Å². The molecular weight excluding hydrogens is 310 g/mol. The summed E-state index contributed by atoms with van der Waals surface area (Å²) in [5.74, 6) is 0.528. The van der Waals surface area contributed by atoms with Crippen molar-refractivity contribution in [2.75, 3.05) is 11.4 Å². The average molecular weight is 325 g/mol. The van der Waals surface area contributed by atoms with Crippen LogP contribution in [0, 0.1) is 13.8 Å². The summed E-state index contributed by atoms with van der Waals surface area (Å²) in [5, 5.41) is 6.94. The van der Waals surface area contributed by atoms with Crippen LogP contribution in [0.1, 0.15) is 26.8 Å². The van der Waals surface area contributed by atoms with Crippen molar-refractivity contribution in [3.05, 3.63) is 51.7 Å². The molecule has 0 bridgehead atoms. The highest BCUT2D eigenvalue weighted by molar-refractivity contribution is 7.09. The van der Waals surface area contributed by atoms with E-state index in [0.29, 0.717) is 18.0 Å². The van der Waals surface area contributed by atoms with Crippen LogP contribution in [0.15, 0.2) is 34.2 Å². The summed E-state index contributed by atoms with van der Waals surface area (Å²) in [6.45, 7) is 4.45. The van der Waals surface area contributed by atoms with E-state index in [1.54, 1.807) is 29.2 Å². The molecule has 0 saturated carbocycles. The van der Waals surface area contributed by atoms with E-state index in [1.165, 1.54) is 5.56 Å². The Hall–Kier alpha value is -2.47. The number of benzene rings is 1. The SMILES string of the molecule is Cc1cc(C(=O)N2CCc3cc(-c4csc(C)n4)ccc32)no1. The van der Waals surface area contributed by atoms with Crippen molar-refractivity contribution in [1.29, 1.82) is 0 Å². The van der Waals surface area contributed by atoms with Gasteiger partial charge in [-0.3, -0.25) is 4.79 Å². The summed E-state index contributed by atoms with van der Waals surface area (Å²) in [6, 6.07) is 7.82. The van der Waals surface area contributed by atoms with E-state index in [-0.39, 0.29) is 5.91 Å². The Morgan fingerprint density at radius 2 is 2.17 bits per heavy atom. The fourth-order valence-electron chi connectivity index (χ4n) is 2.87. The van der Waals surface area contributed by atoms with Crippen LogP contribution in [-0.4, -0.2) is 22.6 Å². The van der Waals surface area contributed by atoms with Crippen LogP contribution < -0.4 is 4.90 Å². The second kappa shape index (κ2) is 5.31. The van der Waals surface area contributed by atoms with Crippen LogP contribution in [0.5, 0.6) is 0 Å². The van der Waals surface area contributed by atoms with Gasteiger partial charge in [0.25, 0.3) is 5.91 Å². The molecule has 1 aliphatic heterocycles. The second-order valence-corrected chi connectivity index (χ2v) is 6.69. The van der Waals surface area contributed by atoms with Gasteiger partial charge in [-0.05, 0) is 38.0 Å². The number of aryl methyl sites for hydroxylation is 2. The van der Waals surface area contributed by atoms with E-state index in [1.807, 2.05) is 19.1 Å².